The van der Waals surface area contributed by atoms with Crippen molar-refractivity contribution in [2.75, 3.05) is 18.8 Å². The summed E-state index contributed by atoms with van der Waals surface area (Å²) in [7, 11) is 0. The largest absolute Gasteiger partial charge is 0.445 e. The number of hydrogen-bond acceptors (Lipinski definition) is 3. The summed E-state index contributed by atoms with van der Waals surface area (Å²) in [5.41, 5.74) is 2.20. The van der Waals surface area contributed by atoms with Crippen molar-refractivity contribution in [2.24, 2.45) is 0 Å². The molecule has 0 aromatic heterocycles. The first kappa shape index (κ1) is 19.9. The zero-order chi connectivity index (χ0) is 18.6. The first-order chi connectivity index (χ1) is 12.7. The Labute approximate surface area is 160 Å². The zero-order valence-electron chi connectivity index (χ0n) is 15.1. The van der Waals surface area contributed by atoms with Crippen molar-refractivity contribution in [3.63, 3.8) is 0 Å². The van der Waals surface area contributed by atoms with Gasteiger partial charge in [-0.15, -0.1) is 18.3 Å². The molecule has 3 nitrogen and oxygen atoms in total. The molecular weight excluding hydrogens is 342 g/mol. The van der Waals surface area contributed by atoms with E-state index in [2.05, 4.69) is 31.7 Å². The molecule has 0 spiro atoms. The van der Waals surface area contributed by atoms with E-state index >= 15 is 0 Å². The van der Waals surface area contributed by atoms with Crippen LogP contribution in [0, 0.1) is 0 Å². The number of thioether (sulfide) groups is 1. The Morgan fingerprint density at radius 2 is 1.73 bits per heavy atom. The number of amides is 1. The summed E-state index contributed by atoms with van der Waals surface area (Å²) in [5, 5.41) is 0. The minimum atomic E-state index is -0.325. The van der Waals surface area contributed by atoms with Gasteiger partial charge in [0.1, 0.15) is 6.61 Å². The van der Waals surface area contributed by atoms with Gasteiger partial charge >= 0.3 is 6.09 Å². The number of hydrogen-bond donors (Lipinski definition) is 0. The molecule has 0 unspecified atom stereocenters. The summed E-state index contributed by atoms with van der Waals surface area (Å²) in [6.07, 6.45) is 3.46. The van der Waals surface area contributed by atoms with Gasteiger partial charge in [-0.1, -0.05) is 66.3 Å². The molecule has 0 saturated carbocycles. The molecular formula is C22H25NO2S. The summed E-state index contributed by atoms with van der Waals surface area (Å²) in [6, 6.07) is 20.0. The summed E-state index contributed by atoms with van der Waals surface area (Å²) in [5.74, 6) is 0.894. The molecule has 0 fully saturated rings. The average Bonchev–Trinajstić information content (AvgIpc) is 2.69. The Morgan fingerprint density at radius 3 is 2.38 bits per heavy atom. The van der Waals surface area contributed by atoms with Crippen LogP contribution in [0.1, 0.15) is 12.5 Å². The van der Waals surface area contributed by atoms with Crippen molar-refractivity contribution >= 4 is 17.9 Å². The highest BCUT2D eigenvalue weighted by molar-refractivity contribution is 7.99. The molecule has 0 atom stereocenters. The van der Waals surface area contributed by atoms with Crippen molar-refractivity contribution in [1.29, 1.82) is 0 Å². The number of rotatable bonds is 9. The SMILES string of the molecule is C=CCN(C/C=C(\C)CSc1ccccc1)C(=O)OCc1ccccc1. The van der Waals surface area contributed by atoms with Crippen LogP contribution in [0.25, 0.3) is 0 Å². The average molecular weight is 368 g/mol. The molecule has 0 aliphatic heterocycles. The van der Waals surface area contributed by atoms with Crippen molar-refractivity contribution in [3.8, 4) is 0 Å². The summed E-state index contributed by atoms with van der Waals surface area (Å²) >= 11 is 1.79. The monoisotopic (exact) mass is 367 g/mol. The Kier molecular flexibility index (Phi) is 8.56. The van der Waals surface area contributed by atoms with Crippen LogP contribution in [-0.4, -0.2) is 29.8 Å². The number of ether oxygens (including phenoxy) is 1. The molecule has 0 N–H and O–H groups in total. The van der Waals surface area contributed by atoms with Crippen LogP contribution in [-0.2, 0) is 11.3 Å². The Morgan fingerprint density at radius 1 is 1.08 bits per heavy atom. The second-order valence-electron chi connectivity index (χ2n) is 5.89. The van der Waals surface area contributed by atoms with E-state index in [0.29, 0.717) is 13.1 Å². The number of carbonyl (C=O) groups is 1. The first-order valence-electron chi connectivity index (χ1n) is 8.59. The first-order valence-corrected chi connectivity index (χ1v) is 9.57. The highest BCUT2D eigenvalue weighted by atomic mass is 32.2. The van der Waals surface area contributed by atoms with Gasteiger partial charge in [-0.05, 0) is 24.6 Å². The van der Waals surface area contributed by atoms with Gasteiger partial charge < -0.3 is 9.64 Å². The van der Waals surface area contributed by atoms with E-state index in [9.17, 15) is 4.79 Å². The quantitative estimate of drug-likeness (QED) is 0.430. The fraction of sp³-hybridized carbons (Fsp3) is 0.227. The topological polar surface area (TPSA) is 29.5 Å². The minimum Gasteiger partial charge on any atom is -0.445 e. The van der Waals surface area contributed by atoms with Crippen LogP contribution < -0.4 is 0 Å². The van der Waals surface area contributed by atoms with Gasteiger partial charge in [0.2, 0.25) is 0 Å². The second-order valence-corrected chi connectivity index (χ2v) is 6.93. The van der Waals surface area contributed by atoms with Gasteiger partial charge in [-0.3, -0.25) is 0 Å². The molecule has 0 radical (unpaired) electrons. The van der Waals surface area contributed by atoms with E-state index < -0.39 is 0 Å². The van der Waals surface area contributed by atoms with Crippen molar-refractivity contribution in [3.05, 3.63) is 90.5 Å². The highest BCUT2D eigenvalue weighted by Gasteiger charge is 2.12. The molecule has 4 heteroatoms. The fourth-order valence-corrected chi connectivity index (χ4v) is 3.09. The smallest absolute Gasteiger partial charge is 0.410 e. The number of benzene rings is 2. The molecule has 2 aromatic carbocycles. The van der Waals surface area contributed by atoms with E-state index in [1.807, 2.05) is 48.5 Å². The molecule has 136 valence electrons. The molecule has 0 heterocycles. The third-order valence-corrected chi connectivity index (χ3v) is 4.89. The van der Waals surface area contributed by atoms with Gasteiger partial charge in [0.05, 0.1) is 0 Å². The van der Waals surface area contributed by atoms with Crippen LogP contribution >= 0.6 is 11.8 Å². The van der Waals surface area contributed by atoms with Crippen LogP contribution in [0.4, 0.5) is 4.79 Å². The molecule has 26 heavy (non-hydrogen) atoms. The predicted molar refractivity (Wildman–Crippen MR) is 109 cm³/mol. The van der Waals surface area contributed by atoms with Crippen LogP contribution in [0.3, 0.4) is 0 Å². The maximum Gasteiger partial charge on any atom is 0.410 e. The van der Waals surface area contributed by atoms with Gasteiger partial charge in [0, 0.05) is 23.7 Å². The molecule has 1 amide bonds. The van der Waals surface area contributed by atoms with Crippen LogP contribution in [0.2, 0.25) is 0 Å². The zero-order valence-corrected chi connectivity index (χ0v) is 16.0. The van der Waals surface area contributed by atoms with Crippen molar-refractivity contribution in [2.45, 2.75) is 18.4 Å². The lowest BCUT2D eigenvalue weighted by Gasteiger charge is -2.19. The molecule has 0 aliphatic carbocycles. The molecule has 0 aliphatic rings. The van der Waals surface area contributed by atoms with Crippen LogP contribution in [0.15, 0.2) is 89.9 Å². The fourth-order valence-electron chi connectivity index (χ4n) is 2.23. The highest BCUT2D eigenvalue weighted by Crippen LogP contribution is 2.19. The molecule has 2 aromatic rings. The van der Waals surface area contributed by atoms with Gasteiger partial charge in [-0.2, -0.15) is 0 Å². The van der Waals surface area contributed by atoms with E-state index in [0.717, 1.165) is 11.3 Å². The van der Waals surface area contributed by atoms with Gasteiger partial charge in [0.15, 0.2) is 0 Å². The van der Waals surface area contributed by atoms with Crippen molar-refractivity contribution in [1.82, 2.24) is 4.90 Å². The standard InChI is InChI=1S/C22H25NO2S/c1-3-15-23(22(24)25-17-20-10-6-4-7-11-20)16-14-19(2)18-26-21-12-8-5-9-13-21/h3-14H,1,15-18H2,2H3/b19-14+. The lowest BCUT2D eigenvalue weighted by Crippen LogP contribution is -2.32. The second kappa shape index (κ2) is 11.2. The summed E-state index contributed by atoms with van der Waals surface area (Å²) in [6.45, 7) is 7.06. The summed E-state index contributed by atoms with van der Waals surface area (Å²) in [4.78, 5) is 15.2. The predicted octanol–water partition coefficient (Wildman–Crippen LogP) is 5.55. The maximum atomic E-state index is 12.3. The minimum absolute atomic E-state index is 0.278. The molecule has 0 bridgehead atoms. The van der Waals surface area contributed by atoms with Crippen molar-refractivity contribution < 1.29 is 9.53 Å². The van der Waals surface area contributed by atoms with Gasteiger partial charge in [0.25, 0.3) is 0 Å². The van der Waals surface area contributed by atoms with Gasteiger partial charge in [-0.25, -0.2) is 4.79 Å². The lowest BCUT2D eigenvalue weighted by atomic mass is 10.2. The lowest BCUT2D eigenvalue weighted by molar-refractivity contribution is 0.104. The molecule has 2 rings (SSSR count). The summed E-state index contributed by atoms with van der Waals surface area (Å²) < 4.78 is 5.41. The normalized spacial score (nSPS) is 11.0. The third kappa shape index (κ3) is 7.19. The Bertz CT molecular complexity index is 713. The van der Waals surface area contributed by atoms with E-state index in [4.69, 9.17) is 4.74 Å². The van der Waals surface area contributed by atoms with E-state index in [-0.39, 0.29) is 12.7 Å². The third-order valence-electron chi connectivity index (χ3n) is 3.68. The van der Waals surface area contributed by atoms with E-state index in [1.54, 1.807) is 22.7 Å². The Balaban J connectivity index is 1.83. The molecule has 0 saturated heterocycles. The number of nitrogens with zero attached hydrogens (tertiary/aromatic N) is 1. The maximum absolute atomic E-state index is 12.3. The van der Waals surface area contributed by atoms with Crippen LogP contribution in [0.5, 0.6) is 0 Å². The number of carbonyl (C=O) groups excluding carboxylic acids is 1. The van der Waals surface area contributed by atoms with E-state index in [1.165, 1.54) is 10.5 Å². The Hall–Kier alpha value is -2.46.